The molecule has 21 saturated heterocycles. The second-order valence-corrected chi connectivity index (χ2v) is 25.0. The zero-order valence-electron chi connectivity index (χ0n) is 52.6. The van der Waals surface area contributed by atoms with Gasteiger partial charge < -0.3 is 174 Å². The van der Waals surface area contributed by atoms with Gasteiger partial charge in [0.2, 0.25) is 0 Å². The van der Waals surface area contributed by atoms with Crippen molar-refractivity contribution in [2.24, 2.45) is 12.0 Å². The van der Waals surface area contributed by atoms with Crippen LogP contribution in [0.2, 0.25) is 0 Å². The Balaban J connectivity index is 0.915. The minimum absolute atomic E-state index is 0.0127. The minimum atomic E-state index is -2.37. The van der Waals surface area contributed by atoms with Gasteiger partial charge in [-0.25, -0.2) is 14.3 Å². The molecule has 99 heavy (non-hydrogen) atoms. The number of nitrogens with zero attached hydrogens (tertiary/aromatic N) is 4. The molecule has 3 aromatic rings. The quantitative estimate of drug-likeness (QED) is 0.0367. The van der Waals surface area contributed by atoms with E-state index >= 15 is 0 Å². The molecule has 0 radical (unpaired) electrons. The van der Waals surface area contributed by atoms with Crippen LogP contribution in [0, 0.1) is 0 Å². The highest BCUT2D eigenvalue weighted by Crippen LogP contribution is 2.39. The van der Waals surface area contributed by atoms with Gasteiger partial charge in [-0.05, 0) is 13.0 Å². The average molecular weight is 1430 g/mol. The molecular formula is C57H84N5O37+. The third kappa shape index (κ3) is 14.4. The second-order valence-electron chi connectivity index (χ2n) is 25.0. The van der Waals surface area contributed by atoms with Crippen molar-refractivity contribution in [1.29, 1.82) is 0 Å². The number of H-pyrrole nitrogens is 1. The third-order valence-corrected chi connectivity index (χ3v) is 18.9. The number of para-hydroxylation sites is 2. The lowest BCUT2D eigenvalue weighted by molar-refractivity contribution is -0.647. The summed E-state index contributed by atoms with van der Waals surface area (Å²) >= 11 is 0. The molecule has 21 N–H and O–H groups in total. The fourth-order valence-electron chi connectivity index (χ4n) is 13.5. The Morgan fingerprint density at radius 3 is 0.990 bits per heavy atom. The maximum atomic E-state index is 14.2. The number of aromatic amines is 1. The van der Waals surface area contributed by atoms with Crippen molar-refractivity contribution in [2.45, 2.75) is 235 Å². The Hall–Kier alpha value is -4.39. The molecule has 21 fully saturated rings. The van der Waals surface area contributed by atoms with Crippen LogP contribution in [0.1, 0.15) is 6.92 Å². The van der Waals surface area contributed by atoms with Gasteiger partial charge in [0.15, 0.2) is 49.5 Å². The predicted octanol–water partition coefficient (Wildman–Crippen LogP) is -16.5. The number of benzene rings is 1. The number of nitrogens with one attached hydrogen (secondary N) is 1. The predicted molar refractivity (Wildman–Crippen MR) is 307 cm³/mol. The van der Waals surface area contributed by atoms with E-state index in [2.05, 4.69) is 9.98 Å². The standard InChI is InChI=1S/C57H83N5O37/c1-3-61-17-7-5-4-6-16(17)59-48-26(61)49(84)60(2)57(85)62(48)9-25(69)58-8-18-41-27(70)34(77)50(86-18)94-42-19(10-63)88-52(36(79)29(42)72)96-44-21(12-65)90-54(38(81)31(44)74)98-46-23(14-67)92-56(40(83)33(46)76)99-47-24(15-68)91-55(39(82)32(47)75)97-45-22(13-66)89-53(37(80)30(45)73)95-43-20(11-64)87-51(93-41)35(78)28(43)71/h4-7,18-24,27-47,50-56,63-68,70-83H,3,8-15H2,1-2H3/p+1/t18-,19-,20-,21-,22-,23-,24-,27-,28-,29-,30-,31-,32-,33-,34-,35-,36-,37-,38-,39-,40-,41-,42-,43-,44-,45-,46-,47-,50-,51-,52-,53-,54-,55-,56-/m1/s1. The van der Waals surface area contributed by atoms with Crippen molar-refractivity contribution < 1.29 is 183 Å². The Kier molecular flexibility index (Phi) is 24.1. The molecule has 14 bridgehead atoms. The number of aryl methyl sites for hydroxylation is 1. The van der Waals surface area contributed by atoms with Crippen LogP contribution in [-0.4, -0.2) is 378 Å². The molecule has 0 spiro atoms. The van der Waals surface area contributed by atoms with Crippen LogP contribution < -0.4 is 25.9 Å². The summed E-state index contributed by atoms with van der Waals surface area (Å²) in [5.41, 5.74) is -0.786. The number of fused-ring (bicyclic) bond motifs is 2. The molecule has 23 heterocycles. The molecule has 42 heteroatoms. The smallest absolute Gasteiger partial charge is 0.418 e. The van der Waals surface area contributed by atoms with E-state index < -0.39 is 285 Å². The Morgan fingerprint density at radius 1 is 0.434 bits per heavy atom. The van der Waals surface area contributed by atoms with Gasteiger partial charge in [0.25, 0.3) is 5.52 Å². The topological polar surface area (TPSA) is 631 Å². The highest BCUT2D eigenvalue weighted by molar-refractivity contribution is 5.76. The normalized spacial score (nSPS) is 46.0. The zero-order chi connectivity index (χ0) is 71.5. The number of rotatable bonds is 11. The van der Waals surface area contributed by atoms with Crippen molar-refractivity contribution in [3.63, 3.8) is 0 Å². The summed E-state index contributed by atoms with van der Waals surface area (Å²) in [6.07, 6.45) is -73.5. The van der Waals surface area contributed by atoms with E-state index in [0.29, 0.717) is 11.0 Å². The van der Waals surface area contributed by atoms with Crippen LogP contribution in [0.5, 0.6) is 0 Å². The van der Waals surface area contributed by atoms with E-state index in [-0.39, 0.29) is 17.7 Å². The van der Waals surface area contributed by atoms with E-state index in [1.54, 1.807) is 35.8 Å². The molecule has 24 rings (SSSR count). The minimum Gasteiger partial charge on any atom is -0.859 e. The Bertz CT molecular complexity index is 3340. The van der Waals surface area contributed by atoms with Crippen molar-refractivity contribution in [1.82, 2.24) is 9.13 Å². The van der Waals surface area contributed by atoms with Gasteiger partial charge in [-0.1, -0.05) is 12.1 Å². The van der Waals surface area contributed by atoms with Gasteiger partial charge in [-0.2, -0.15) is 9.13 Å². The summed E-state index contributed by atoms with van der Waals surface area (Å²) in [5.74, 6) is -1.11. The highest BCUT2D eigenvalue weighted by atomic mass is 16.8. The van der Waals surface area contributed by atoms with Crippen molar-refractivity contribution in [3.8, 4) is 0 Å². The van der Waals surface area contributed by atoms with E-state index in [1.807, 2.05) is 0 Å². The molecule has 2 aromatic heterocycles. The summed E-state index contributed by atoms with van der Waals surface area (Å²) in [4.78, 5) is 34.7. The van der Waals surface area contributed by atoms with Crippen LogP contribution in [0.15, 0.2) is 38.8 Å². The molecule has 558 valence electrons. The largest absolute Gasteiger partial charge is 0.859 e. The summed E-state index contributed by atoms with van der Waals surface area (Å²) < 4.78 is 84.7. The first-order valence-electron chi connectivity index (χ1n) is 31.8. The van der Waals surface area contributed by atoms with E-state index in [4.69, 9.17) is 66.3 Å². The highest BCUT2D eigenvalue weighted by Gasteiger charge is 2.60. The number of aliphatic imine (C=N–C) groups is 1. The zero-order valence-corrected chi connectivity index (χ0v) is 52.6. The first-order valence-corrected chi connectivity index (χ1v) is 31.8. The molecule has 0 unspecified atom stereocenters. The maximum absolute atomic E-state index is 14.2. The lowest BCUT2D eigenvalue weighted by Gasteiger charge is -2.50. The molecule has 0 aliphatic carbocycles. The molecule has 35 atom stereocenters. The third-order valence-electron chi connectivity index (χ3n) is 18.9. The summed E-state index contributed by atoms with van der Waals surface area (Å²) in [5, 5.41) is 240. The van der Waals surface area contributed by atoms with Crippen molar-refractivity contribution in [3.05, 3.63) is 45.1 Å². The van der Waals surface area contributed by atoms with Gasteiger partial charge >= 0.3 is 22.4 Å². The monoisotopic (exact) mass is 1430 g/mol. The SMILES string of the molecule is CC[n+]1c2ccccc2[nH+]c2c1c(=O)n(C)c(=O)n2CC([O-])=NC[C@H]1O[C@@H]2O[C@H]3[C@H](O)[C@@H](O)[C@@H](O[C@H]4[C@H](O)[C@@H](O)[C@@H](O[C@H]5[C@H](O)[C@@H](O)[C@@H](O[C@H]6[C@H](O)[C@@H](O)[C@@H](O[C@H]7[C@H](O)[C@@H](O)[C@@H](O[C@H]8[C@H](O)[C@@H](O)[C@@H](O[C@H]1[C@H](O)[C@H]2O)O[C@@H]8CO)O[C@@H]7CO)O[C@@H]6CO)O[C@@H]5CO)O[C@@H]4CO)O[C@@H]3CO. The first-order chi connectivity index (χ1) is 47.2. The number of ether oxygens (including phenoxy) is 14. The molecule has 42 nitrogen and oxygen atoms in total. The van der Waals surface area contributed by atoms with Gasteiger partial charge in [-0.3, -0.25) is 9.79 Å². The van der Waals surface area contributed by atoms with Crippen LogP contribution in [0.3, 0.4) is 0 Å². The number of hydrogen-bond donors (Lipinski definition) is 20. The number of aliphatic hydroxyl groups is 20. The van der Waals surface area contributed by atoms with Gasteiger partial charge in [0.05, 0.1) is 46.2 Å². The summed E-state index contributed by atoms with van der Waals surface area (Å²) in [7, 11) is 1.18. The number of aromatic nitrogens is 4. The van der Waals surface area contributed by atoms with Gasteiger partial charge in [0.1, 0.15) is 184 Å². The van der Waals surface area contributed by atoms with E-state index in [9.17, 15) is 117 Å². The van der Waals surface area contributed by atoms with Crippen LogP contribution in [0.4, 0.5) is 0 Å². The van der Waals surface area contributed by atoms with E-state index in [1.165, 1.54) is 7.05 Å². The molecule has 21 aliphatic rings. The van der Waals surface area contributed by atoms with Crippen LogP contribution in [0.25, 0.3) is 22.2 Å². The first kappa shape index (κ1) is 75.8. The van der Waals surface area contributed by atoms with Crippen LogP contribution >= 0.6 is 0 Å². The molecule has 1 aromatic carbocycles. The van der Waals surface area contributed by atoms with Gasteiger partial charge in [-0.15, -0.1) is 0 Å². The second kappa shape index (κ2) is 31.5. The fraction of sp³-hybridized carbons (Fsp3) is 0.807. The summed E-state index contributed by atoms with van der Waals surface area (Å²) in [6.45, 7) is -6.49. The lowest BCUT2D eigenvalue weighted by Crippen LogP contribution is -2.68. The van der Waals surface area contributed by atoms with Gasteiger partial charge in [0, 0.05) is 19.0 Å². The lowest BCUT2D eigenvalue weighted by atomic mass is 9.95. The molecule has 0 saturated carbocycles. The van der Waals surface area contributed by atoms with Crippen LogP contribution in [-0.2, 0) is 86.5 Å². The maximum Gasteiger partial charge on any atom is 0.418 e. The number of aliphatic hydroxyl groups excluding tert-OH is 20. The van der Waals surface area contributed by atoms with E-state index in [0.717, 1.165) is 9.13 Å². The molecule has 0 amide bonds. The summed E-state index contributed by atoms with van der Waals surface area (Å²) in [6, 6.07) is 6.78. The van der Waals surface area contributed by atoms with Crippen molar-refractivity contribution in [2.75, 3.05) is 46.2 Å². The average Bonchev–Trinajstić information content (AvgIpc) is 0.747. The molecular weight excluding hydrogens is 1350 g/mol. The van der Waals surface area contributed by atoms with Crippen molar-refractivity contribution >= 4 is 28.1 Å². The Morgan fingerprint density at radius 2 is 0.707 bits per heavy atom. The molecule has 21 aliphatic heterocycles. The Labute approximate surface area is 557 Å². The number of hydrogen-bond acceptors (Lipinski definition) is 38. The fourth-order valence-corrected chi connectivity index (χ4v) is 13.5.